The van der Waals surface area contributed by atoms with E-state index in [0.717, 1.165) is 43.3 Å². The molecule has 1 atom stereocenters. The van der Waals surface area contributed by atoms with Gasteiger partial charge in [-0.1, -0.05) is 11.6 Å². The molecule has 5 nitrogen and oxygen atoms in total. The Labute approximate surface area is 157 Å². The molecule has 0 spiro atoms. The molecule has 27 heavy (non-hydrogen) atoms. The van der Waals surface area contributed by atoms with E-state index in [1.54, 1.807) is 0 Å². The van der Waals surface area contributed by atoms with E-state index >= 15 is 4.39 Å². The molecule has 0 fully saturated rings. The lowest BCUT2D eigenvalue weighted by atomic mass is 9.94. The number of alkyl halides is 3. The minimum Gasteiger partial charge on any atom is -0.225 e. The van der Waals surface area contributed by atoms with Crippen molar-refractivity contribution in [2.24, 2.45) is 10.2 Å². The van der Waals surface area contributed by atoms with Crippen LogP contribution in [0.15, 0.2) is 52.5 Å². The van der Waals surface area contributed by atoms with Gasteiger partial charge in [0.25, 0.3) is 5.79 Å². The SMILES string of the molecule is CC1=NN(c2ccc(S(N)(=O)=O)cc2)C(F)(c2ccc(Cl)cc2F)C1(F)F. The molecule has 0 radical (unpaired) electrons. The van der Waals surface area contributed by atoms with Crippen molar-refractivity contribution in [2.75, 3.05) is 5.01 Å². The first-order valence-electron chi connectivity index (χ1n) is 7.40. The average molecular weight is 422 g/mol. The Morgan fingerprint density at radius 1 is 1.11 bits per heavy atom. The van der Waals surface area contributed by atoms with Gasteiger partial charge in [0.15, 0.2) is 0 Å². The molecular formula is C16H12ClF4N3O2S. The van der Waals surface area contributed by atoms with Crippen molar-refractivity contribution in [2.45, 2.75) is 23.5 Å². The highest BCUT2D eigenvalue weighted by molar-refractivity contribution is 7.89. The second-order valence-corrected chi connectivity index (χ2v) is 7.85. The van der Waals surface area contributed by atoms with Gasteiger partial charge in [0.2, 0.25) is 10.0 Å². The number of hydrogen-bond acceptors (Lipinski definition) is 4. The van der Waals surface area contributed by atoms with Gasteiger partial charge < -0.3 is 0 Å². The molecule has 0 saturated heterocycles. The van der Waals surface area contributed by atoms with Crippen LogP contribution in [0.5, 0.6) is 0 Å². The molecule has 1 aliphatic heterocycles. The topological polar surface area (TPSA) is 75.8 Å². The smallest absolute Gasteiger partial charge is 0.225 e. The fourth-order valence-electron chi connectivity index (χ4n) is 2.71. The second-order valence-electron chi connectivity index (χ2n) is 5.86. The molecule has 0 aromatic heterocycles. The maximum atomic E-state index is 15.8. The number of anilines is 1. The van der Waals surface area contributed by atoms with Crippen molar-refractivity contribution in [1.82, 2.24) is 0 Å². The number of nitrogens with two attached hydrogens (primary N) is 1. The molecule has 0 saturated carbocycles. The maximum Gasteiger partial charge on any atom is 0.345 e. The quantitative estimate of drug-likeness (QED) is 0.605. The third-order valence-electron chi connectivity index (χ3n) is 4.11. The highest BCUT2D eigenvalue weighted by Gasteiger charge is 2.67. The number of halogens is 5. The van der Waals surface area contributed by atoms with Gasteiger partial charge in [0.1, 0.15) is 11.5 Å². The van der Waals surface area contributed by atoms with E-state index in [2.05, 4.69) is 5.10 Å². The Morgan fingerprint density at radius 2 is 1.70 bits per heavy atom. The number of nitrogens with zero attached hydrogens (tertiary/aromatic N) is 2. The van der Waals surface area contributed by atoms with Crippen LogP contribution in [0.4, 0.5) is 23.2 Å². The summed E-state index contributed by atoms with van der Waals surface area (Å²) in [5, 5.41) is 8.73. The Bertz CT molecular complexity index is 1040. The predicted molar refractivity (Wildman–Crippen MR) is 92.5 cm³/mol. The van der Waals surface area contributed by atoms with Crippen LogP contribution in [0, 0.1) is 5.82 Å². The third kappa shape index (κ3) is 2.97. The number of sulfonamides is 1. The van der Waals surface area contributed by atoms with Crippen LogP contribution < -0.4 is 10.1 Å². The highest BCUT2D eigenvalue weighted by atomic mass is 35.5. The summed E-state index contributed by atoms with van der Waals surface area (Å²) in [6, 6.07) is 6.69. The van der Waals surface area contributed by atoms with Crippen LogP contribution in [-0.4, -0.2) is 20.1 Å². The average Bonchev–Trinajstić information content (AvgIpc) is 2.75. The Balaban J connectivity index is 2.18. The second kappa shape index (κ2) is 6.18. The van der Waals surface area contributed by atoms with E-state index in [-0.39, 0.29) is 15.6 Å². The van der Waals surface area contributed by atoms with Gasteiger partial charge in [0, 0.05) is 5.02 Å². The van der Waals surface area contributed by atoms with Gasteiger partial charge >= 0.3 is 5.92 Å². The van der Waals surface area contributed by atoms with Gasteiger partial charge in [-0.2, -0.15) is 13.9 Å². The van der Waals surface area contributed by atoms with Gasteiger partial charge in [-0.25, -0.2) is 27.3 Å². The van der Waals surface area contributed by atoms with E-state index < -0.39 is 38.8 Å². The fourth-order valence-corrected chi connectivity index (χ4v) is 3.38. The Kier molecular flexibility index (Phi) is 4.48. The molecule has 1 aliphatic rings. The molecule has 0 amide bonds. The summed E-state index contributed by atoms with van der Waals surface area (Å²) >= 11 is 5.62. The van der Waals surface area contributed by atoms with Crippen LogP contribution in [0.1, 0.15) is 12.5 Å². The summed E-state index contributed by atoms with van der Waals surface area (Å²) in [4.78, 5) is -0.306. The van der Waals surface area contributed by atoms with E-state index in [1.807, 2.05) is 0 Å². The lowest BCUT2D eigenvalue weighted by Gasteiger charge is -2.34. The van der Waals surface area contributed by atoms with Crippen molar-refractivity contribution >= 4 is 33.0 Å². The molecule has 0 aliphatic carbocycles. The summed E-state index contributed by atoms with van der Waals surface area (Å²) in [6.07, 6.45) is 0. The van der Waals surface area contributed by atoms with Gasteiger partial charge in [-0.15, -0.1) is 0 Å². The standard InChI is InChI=1S/C16H12ClF4N3O2S/c1-9-15(19,20)16(21,13-7-2-10(17)8-14(13)18)24(23-9)11-3-5-12(6-4-11)27(22,25)26/h2-8H,1H3,(H2,22,25,26). The zero-order chi connectivity index (χ0) is 20.2. The van der Waals surface area contributed by atoms with Crippen molar-refractivity contribution < 1.29 is 26.0 Å². The third-order valence-corrected chi connectivity index (χ3v) is 5.27. The van der Waals surface area contributed by atoms with Crippen molar-refractivity contribution in [3.8, 4) is 0 Å². The maximum absolute atomic E-state index is 15.8. The largest absolute Gasteiger partial charge is 0.345 e. The molecule has 1 heterocycles. The molecule has 0 bridgehead atoms. The van der Waals surface area contributed by atoms with E-state index in [4.69, 9.17) is 16.7 Å². The van der Waals surface area contributed by atoms with E-state index in [1.165, 1.54) is 0 Å². The first-order chi connectivity index (χ1) is 12.4. The first kappa shape index (κ1) is 19.6. The van der Waals surface area contributed by atoms with Crippen LogP contribution >= 0.6 is 11.6 Å². The van der Waals surface area contributed by atoms with Crippen LogP contribution in [0.25, 0.3) is 0 Å². The molecule has 2 aromatic carbocycles. The molecule has 1 unspecified atom stereocenters. The minimum atomic E-state index is -4.17. The van der Waals surface area contributed by atoms with E-state index in [0.29, 0.717) is 11.1 Å². The molecule has 2 N–H and O–H groups in total. The number of hydrazone groups is 1. The molecule has 3 rings (SSSR count). The molecule has 144 valence electrons. The first-order valence-corrected chi connectivity index (χ1v) is 9.32. The number of benzene rings is 2. The molecular weight excluding hydrogens is 410 g/mol. The minimum absolute atomic E-state index is 0.0946. The number of primary sulfonamides is 1. The summed E-state index contributed by atoms with van der Waals surface area (Å²) in [7, 11) is -4.04. The summed E-state index contributed by atoms with van der Waals surface area (Å²) in [6.45, 7) is 0.904. The lowest BCUT2D eigenvalue weighted by Crippen LogP contribution is -2.51. The zero-order valence-electron chi connectivity index (χ0n) is 13.6. The van der Waals surface area contributed by atoms with Crippen LogP contribution in [-0.2, 0) is 15.8 Å². The highest BCUT2D eigenvalue weighted by Crippen LogP contribution is 2.52. The lowest BCUT2D eigenvalue weighted by molar-refractivity contribution is -0.0802. The molecule has 11 heteroatoms. The van der Waals surface area contributed by atoms with E-state index in [9.17, 15) is 21.6 Å². The Hall–Kier alpha value is -2.17. The number of rotatable bonds is 3. The molecule has 2 aromatic rings. The Morgan fingerprint density at radius 3 is 2.22 bits per heavy atom. The normalized spacial score (nSPS) is 22.0. The van der Waals surface area contributed by atoms with Crippen LogP contribution in [0.2, 0.25) is 5.02 Å². The van der Waals surface area contributed by atoms with Gasteiger partial charge in [-0.05, 0) is 49.4 Å². The van der Waals surface area contributed by atoms with Crippen LogP contribution in [0.3, 0.4) is 0 Å². The summed E-state index contributed by atoms with van der Waals surface area (Å²) in [5.74, 6) is -9.13. The monoisotopic (exact) mass is 421 g/mol. The van der Waals surface area contributed by atoms with Gasteiger partial charge in [0.05, 0.1) is 16.1 Å². The summed E-state index contributed by atoms with van der Waals surface area (Å²) in [5.41, 5.74) is -2.07. The van der Waals surface area contributed by atoms with Crippen molar-refractivity contribution in [1.29, 1.82) is 0 Å². The van der Waals surface area contributed by atoms with Gasteiger partial charge in [-0.3, -0.25) is 0 Å². The van der Waals surface area contributed by atoms with Crippen molar-refractivity contribution in [3.63, 3.8) is 0 Å². The zero-order valence-corrected chi connectivity index (χ0v) is 15.2. The fraction of sp³-hybridized carbons (Fsp3) is 0.188. The summed E-state index contributed by atoms with van der Waals surface area (Å²) < 4.78 is 82.1. The predicted octanol–water partition coefficient (Wildman–Crippen LogP) is 3.78. The van der Waals surface area contributed by atoms with Crippen molar-refractivity contribution in [3.05, 3.63) is 58.9 Å². The number of hydrogen-bond donors (Lipinski definition) is 1.